The number of carbonyl (C=O) groups excluding carboxylic acids is 1. The van der Waals surface area contributed by atoms with Crippen LogP contribution in [-0.4, -0.2) is 5.97 Å². The molecule has 1 aromatic rings. The highest BCUT2D eigenvalue weighted by atomic mass is 32.1. The third-order valence-electron chi connectivity index (χ3n) is 1.74. The van der Waals surface area contributed by atoms with Gasteiger partial charge in [0.2, 0.25) is 0 Å². The molecule has 0 heterocycles. The van der Waals surface area contributed by atoms with Crippen LogP contribution in [0.4, 0.5) is 0 Å². The van der Waals surface area contributed by atoms with Gasteiger partial charge in [-0.3, -0.25) is 0 Å². The van der Waals surface area contributed by atoms with Crippen LogP contribution in [0.15, 0.2) is 24.3 Å². The summed E-state index contributed by atoms with van der Waals surface area (Å²) in [5.41, 5.74) is 1.70. The largest absolute Gasteiger partial charge is 0.357 e. The molecule has 0 saturated carbocycles. The Balaban J connectivity index is 2.74. The molecule has 0 unspecified atom stereocenters. The molecular weight excluding hydrogens is 186 g/mol. The maximum atomic E-state index is 11.1. The Labute approximate surface area is 82.6 Å². The lowest BCUT2D eigenvalue weighted by atomic mass is 10.1. The first-order valence-electron chi connectivity index (χ1n) is 3.97. The number of carbonyl (C=O) groups is 1. The van der Waals surface area contributed by atoms with Crippen LogP contribution >= 0.6 is 12.8 Å². The van der Waals surface area contributed by atoms with Crippen molar-refractivity contribution in [2.24, 2.45) is 0 Å². The van der Waals surface area contributed by atoms with Gasteiger partial charge in [-0.15, -0.1) is 0 Å². The van der Waals surface area contributed by atoms with E-state index < -0.39 is 5.97 Å². The van der Waals surface area contributed by atoms with Crippen LogP contribution in [0.2, 0.25) is 0 Å². The van der Waals surface area contributed by atoms with E-state index in [4.69, 9.17) is 0 Å². The Morgan fingerprint density at radius 3 is 2.54 bits per heavy atom. The van der Waals surface area contributed by atoms with Crippen molar-refractivity contribution in [1.29, 1.82) is 0 Å². The van der Waals surface area contributed by atoms with Gasteiger partial charge in [0.1, 0.15) is 0 Å². The van der Waals surface area contributed by atoms with E-state index in [2.05, 4.69) is 24.6 Å². The zero-order chi connectivity index (χ0) is 9.68. The number of thiol groups is 1. The zero-order valence-corrected chi connectivity index (χ0v) is 8.17. The molecule has 0 atom stereocenters. The molecular formula is C9H11NO2S. The molecule has 3 nitrogen and oxygen atoms in total. The molecule has 70 valence electrons. The van der Waals surface area contributed by atoms with Gasteiger partial charge in [-0.25, -0.2) is 4.79 Å². The van der Waals surface area contributed by atoms with Crippen LogP contribution in [0.25, 0.3) is 0 Å². The maximum Gasteiger partial charge on any atom is 0.357 e. The molecule has 0 radical (unpaired) electrons. The Morgan fingerprint density at radius 1 is 1.46 bits per heavy atom. The summed E-state index contributed by atoms with van der Waals surface area (Å²) in [6.45, 7) is 2.06. The second-order valence-corrected chi connectivity index (χ2v) is 2.71. The van der Waals surface area contributed by atoms with Crippen LogP contribution in [0.3, 0.4) is 0 Å². The molecule has 0 spiro atoms. The van der Waals surface area contributed by atoms with E-state index in [9.17, 15) is 4.79 Å². The molecule has 1 N–H and O–H groups in total. The van der Waals surface area contributed by atoms with Crippen molar-refractivity contribution >= 4 is 18.8 Å². The van der Waals surface area contributed by atoms with Crippen LogP contribution in [0.5, 0.6) is 0 Å². The Kier molecular flexibility index (Phi) is 3.79. The quantitative estimate of drug-likeness (QED) is 0.572. The van der Waals surface area contributed by atoms with Crippen molar-refractivity contribution in [3.8, 4) is 0 Å². The van der Waals surface area contributed by atoms with E-state index in [-0.39, 0.29) is 0 Å². The van der Waals surface area contributed by atoms with Crippen molar-refractivity contribution in [3.63, 3.8) is 0 Å². The minimum atomic E-state index is -0.433. The summed E-state index contributed by atoms with van der Waals surface area (Å²) in [5, 5.41) is 0. The lowest BCUT2D eigenvalue weighted by Gasteiger charge is -2.01. The molecule has 0 bridgehead atoms. The third-order valence-corrected chi connectivity index (χ3v) is 1.83. The number of hydrogen-bond acceptors (Lipinski definition) is 4. The van der Waals surface area contributed by atoms with Gasteiger partial charge in [0.15, 0.2) is 0 Å². The Bertz CT molecular complexity index is 284. The van der Waals surface area contributed by atoms with Gasteiger partial charge in [0, 0.05) is 0 Å². The van der Waals surface area contributed by atoms with E-state index in [1.54, 1.807) is 12.1 Å². The Morgan fingerprint density at radius 2 is 2.08 bits per heavy atom. The molecule has 4 heteroatoms. The van der Waals surface area contributed by atoms with Gasteiger partial charge in [-0.1, -0.05) is 36.8 Å². The standard InChI is InChI=1S/C9H11NO2S/c1-2-7-3-5-8(6-4-7)9(11)12-10-13/h3-6,10,13H,2H2,1H3. The van der Waals surface area contributed by atoms with Crippen LogP contribution in [-0.2, 0) is 11.3 Å². The molecule has 0 aromatic heterocycles. The van der Waals surface area contributed by atoms with E-state index in [0.29, 0.717) is 5.56 Å². The van der Waals surface area contributed by atoms with Crippen LogP contribution in [0, 0.1) is 0 Å². The first-order valence-corrected chi connectivity index (χ1v) is 4.42. The van der Waals surface area contributed by atoms with Crippen molar-refractivity contribution in [1.82, 2.24) is 4.89 Å². The van der Waals surface area contributed by atoms with Gasteiger partial charge in [0.25, 0.3) is 0 Å². The molecule has 0 fully saturated rings. The highest BCUT2D eigenvalue weighted by Gasteiger charge is 2.05. The summed E-state index contributed by atoms with van der Waals surface area (Å²) in [4.78, 5) is 17.6. The molecule has 1 aromatic carbocycles. The molecule has 0 saturated heterocycles. The first kappa shape index (κ1) is 10.1. The van der Waals surface area contributed by atoms with Crippen molar-refractivity contribution in [2.75, 3.05) is 0 Å². The molecule has 0 aliphatic carbocycles. The second kappa shape index (κ2) is 4.89. The lowest BCUT2D eigenvalue weighted by molar-refractivity contribution is 0.0429. The molecule has 0 amide bonds. The highest BCUT2D eigenvalue weighted by molar-refractivity contribution is 7.77. The number of aryl methyl sites for hydroxylation is 1. The monoisotopic (exact) mass is 197 g/mol. The zero-order valence-electron chi connectivity index (χ0n) is 7.28. The first-order chi connectivity index (χ1) is 6.27. The van der Waals surface area contributed by atoms with Gasteiger partial charge < -0.3 is 4.84 Å². The van der Waals surface area contributed by atoms with Gasteiger partial charge in [0.05, 0.1) is 5.56 Å². The van der Waals surface area contributed by atoms with E-state index in [1.807, 2.05) is 17.0 Å². The summed E-state index contributed by atoms with van der Waals surface area (Å²) in [5.74, 6) is -0.433. The predicted molar refractivity (Wildman–Crippen MR) is 53.4 cm³/mol. The summed E-state index contributed by atoms with van der Waals surface area (Å²) in [6.07, 6.45) is 0.958. The Hall–Kier alpha value is -1.00. The maximum absolute atomic E-state index is 11.1. The molecule has 0 aliphatic rings. The van der Waals surface area contributed by atoms with Gasteiger partial charge in [-0.2, -0.15) is 0 Å². The van der Waals surface area contributed by atoms with E-state index in [0.717, 1.165) is 6.42 Å². The summed E-state index contributed by atoms with van der Waals surface area (Å²) in [6, 6.07) is 7.25. The summed E-state index contributed by atoms with van der Waals surface area (Å²) < 4.78 is 0. The molecule has 0 aliphatic heterocycles. The highest BCUT2D eigenvalue weighted by Crippen LogP contribution is 2.05. The predicted octanol–water partition coefficient (Wildman–Crippen LogP) is 1.76. The van der Waals surface area contributed by atoms with E-state index >= 15 is 0 Å². The number of rotatable bonds is 3. The minimum Gasteiger partial charge on any atom is -0.356 e. The fourth-order valence-corrected chi connectivity index (χ4v) is 1.06. The van der Waals surface area contributed by atoms with Crippen molar-refractivity contribution in [3.05, 3.63) is 35.4 Å². The van der Waals surface area contributed by atoms with E-state index in [1.165, 1.54) is 5.56 Å². The summed E-state index contributed by atoms with van der Waals surface area (Å²) in [7, 11) is 0. The molecule has 1 rings (SSSR count). The third kappa shape index (κ3) is 2.75. The number of hydrogen-bond donors (Lipinski definition) is 2. The van der Waals surface area contributed by atoms with Gasteiger partial charge in [-0.05, 0) is 24.1 Å². The van der Waals surface area contributed by atoms with Crippen molar-refractivity contribution < 1.29 is 9.63 Å². The van der Waals surface area contributed by atoms with Crippen LogP contribution < -0.4 is 4.89 Å². The smallest absolute Gasteiger partial charge is 0.356 e. The number of benzene rings is 1. The topological polar surface area (TPSA) is 38.3 Å². The lowest BCUT2D eigenvalue weighted by Crippen LogP contribution is -2.10. The average molecular weight is 197 g/mol. The van der Waals surface area contributed by atoms with Crippen molar-refractivity contribution in [2.45, 2.75) is 13.3 Å². The fourth-order valence-electron chi connectivity index (χ4n) is 0.977. The minimum absolute atomic E-state index is 0.433. The second-order valence-electron chi connectivity index (χ2n) is 2.53. The normalized spacial score (nSPS) is 9.69. The fraction of sp³-hybridized carbons (Fsp3) is 0.222. The van der Waals surface area contributed by atoms with Crippen LogP contribution in [0.1, 0.15) is 22.8 Å². The van der Waals surface area contributed by atoms with Gasteiger partial charge >= 0.3 is 5.97 Å². The summed E-state index contributed by atoms with van der Waals surface area (Å²) >= 11 is 3.56. The average Bonchev–Trinajstić information content (AvgIpc) is 2.18. The SMILES string of the molecule is CCc1ccc(C(=O)ONS)cc1. The number of nitrogens with one attached hydrogen (secondary N) is 1. The molecule has 13 heavy (non-hydrogen) atoms.